The van der Waals surface area contributed by atoms with Crippen molar-refractivity contribution in [3.63, 3.8) is 0 Å². The minimum absolute atomic E-state index is 0.651. The Morgan fingerprint density at radius 1 is 0.862 bits per heavy atom. The van der Waals surface area contributed by atoms with Crippen LogP contribution in [0.1, 0.15) is 41.7 Å². The average molecular weight is 383 g/mol. The van der Waals surface area contributed by atoms with Gasteiger partial charge >= 0.3 is 0 Å². The number of rotatable bonds is 5. The van der Waals surface area contributed by atoms with Crippen LogP contribution in [-0.2, 0) is 6.42 Å². The van der Waals surface area contributed by atoms with Gasteiger partial charge in [-0.3, -0.25) is 5.43 Å². The number of hydrogen-bond donors (Lipinski definition) is 1. The zero-order valence-electron chi connectivity index (χ0n) is 17.1. The van der Waals surface area contributed by atoms with Gasteiger partial charge in [-0.2, -0.15) is 5.10 Å². The lowest BCUT2D eigenvalue weighted by molar-refractivity contribution is 0.340. The predicted octanol–water partition coefficient (Wildman–Crippen LogP) is 5.39. The molecule has 4 rings (SSSR count). The number of aryl methyl sites for hydroxylation is 2. The van der Waals surface area contributed by atoms with Gasteiger partial charge in [0, 0.05) is 16.7 Å². The summed E-state index contributed by atoms with van der Waals surface area (Å²) in [6.45, 7) is 6.87. The Labute approximate surface area is 172 Å². The zero-order valence-corrected chi connectivity index (χ0v) is 17.1. The summed E-state index contributed by atoms with van der Waals surface area (Å²) in [5, 5.41) is 4.76. The first-order valence-electron chi connectivity index (χ1n) is 10.0. The largest absolute Gasteiger partial charge is 0.494 e. The summed E-state index contributed by atoms with van der Waals surface area (Å²) in [5.74, 6) is 1.61. The van der Waals surface area contributed by atoms with Crippen LogP contribution in [0.25, 0.3) is 0 Å². The molecule has 0 atom stereocenters. The molecule has 0 fully saturated rings. The quantitative estimate of drug-likeness (QED) is 0.642. The van der Waals surface area contributed by atoms with Crippen molar-refractivity contribution < 1.29 is 4.74 Å². The number of aliphatic imine (C=N–C) groups is 1. The van der Waals surface area contributed by atoms with Gasteiger partial charge in [-0.05, 0) is 62.2 Å². The van der Waals surface area contributed by atoms with Gasteiger partial charge in [0.2, 0.25) is 0 Å². The highest BCUT2D eigenvalue weighted by Gasteiger charge is 2.18. The molecule has 1 aliphatic rings. The maximum Gasteiger partial charge on any atom is 0.154 e. The normalized spacial score (nSPS) is 12.9. The molecule has 3 aromatic carbocycles. The Kier molecular flexibility index (Phi) is 5.43. The molecule has 0 amide bonds. The second-order valence-corrected chi connectivity index (χ2v) is 7.06. The summed E-state index contributed by atoms with van der Waals surface area (Å²) in [6.07, 6.45) is 0.964. The van der Waals surface area contributed by atoms with E-state index in [4.69, 9.17) is 14.8 Å². The SMILES string of the molecule is CCOc1ccc(C2=NNC(c3ccc(C)cc3)=Nc3ccc(CC)cc32)cc1. The van der Waals surface area contributed by atoms with Crippen molar-refractivity contribution in [2.45, 2.75) is 27.2 Å². The standard InChI is InChI=1S/C25H25N3O/c1-4-18-8-15-23-22(16-18)24(19-11-13-21(14-12-19)29-5-2)27-28-25(26-23)20-9-6-17(3)7-10-20/h6-16H,4-5H2,1-3H3,(H,26,28). The van der Waals surface area contributed by atoms with Gasteiger partial charge in [0.15, 0.2) is 5.84 Å². The van der Waals surface area contributed by atoms with Crippen molar-refractivity contribution in [3.8, 4) is 5.75 Å². The zero-order chi connectivity index (χ0) is 20.2. The van der Waals surface area contributed by atoms with E-state index in [0.29, 0.717) is 6.61 Å². The van der Waals surface area contributed by atoms with E-state index in [-0.39, 0.29) is 0 Å². The summed E-state index contributed by atoms with van der Waals surface area (Å²) in [6, 6.07) is 22.8. The monoisotopic (exact) mass is 383 g/mol. The maximum atomic E-state index is 5.59. The second-order valence-electron chi connectivity index (χ2n) is 7.06. The summed E-state index contributed by atoms with van der Waals surface area (Å²) >= 11 is 0. The average Bonchev–Trinajstić information content (AvgIpc) is 2.94. The van der Waals surface area contributed by atoms with E-state index in [2.05, 4.69) is 61.7 Å². The third-order valence-electron chi connectivity index (χ3n) is 4.99. The van der Waals surface area contributed by atoms with Gasteiger partial charge < -0.3 is 4.74 Å². The fraction of sp³-hybridized carbons (Fsp3) is 0.200. The smallest absolute Gasteiger partial charge is 0.154 e. The second kappa shape index (κ2) is 8.31. The number of hydrogen-bond acceptors (Lipinski definition) is 4. The number of ether oxygens (including phenoxy) is 1. The molecule has 4 nitrogen and oxygen atoms in total. The lowest BCUT2D eigenvalue weighted by Gasteiger charge is -2.10. The van der Waals surface area contributed by atoms with Gasteiger partial charge in [-0.1, -0.05) is 42.8 Å². The molecular weight excluding hydrogens is 358 g/mol. The Bertz CT molecular complexity index is 1060. The summed E-state index contributed by atoms with van der Waals surface area (Å²) < 4.78 is 5.59. The van der Waals surface area contributed by atoms with Crippen LogP contribution in [0.4, 0.5) is 5.69 Å². The van der Waals surface area contributed by atoms with E-state index in [9.17, 15) is 0 Å². The van der Waals surface area contributed by atoms with Gasteiger partial charge in [0.05, 0.1) is 18.0 Å². The van der Waals surface area contributed by atoms with Crippen LogP contribution in [0.2, 0.25) is 0 Å². The number of nitrogens with zero attached hydrogens (tertiary/aromatic N) is 2. The molecule has 1 aliphatic heterocycles. The Balaban J connectivity index is 1.80. The van der Waals surface area contributed by atoms with E-state index < -0.39 is 0 Å². The molecule has 146 valence electrons. The van der Waals surface area contributed by atoms with Crippen LogP contribution in [0.5, 0.6) is 5.75 Å². The molecule has 4 heteroatoms. The minimum Gasteiger partial charge on any atom is -0.494 e. The van der Waals surface area contributed by atoms with Crippen LogP contribution < -0.4 is 10.2 Å². The van der Waals surface area contributed by atoms with Crippen molar-refractivity contribution in [2.75, 3.05) is 6.61 Å². The minimum atomic E-state index is 0.651. The molecule has 0 saturated heterocycles. The lowest BCUT2D eigenvalue weighted by Crippen LogP contribution is -2.19. The van der Waals surface area contributed by atoms with E-state index in [1.165, 1.54) is 11.1 Å². The van der Waals surface area contributed by atoms with Gasteiger partial charge in [0.1, 0.15) is 5.75 Å². The number of nitrogens with one attached hydrogen (secondary N) is 1. The summed E-state index contributed by atoms with van der Waals surface area (Å²) in [5.41, 5.74) is 10.5. The first-order chi connectivity index (χ1) is 14.2. The highest BCUT2D eigenvalue weighted by Crippen LogP contribution is 2.28. The van der Waals surface area contributed by atoms with E-state index in [0.717, 1.165) is 46.1 Å². The third kappa shape index (κ3) is 4.06. The van der Waals surface area contributed by atoms with Crippen molar-refractivity contribution in [3.05, 3.63) is 94.5 Å². The maximum absolute atomic E-state index is 5.59. The molecule has 0 saturated carbocycles. The lowest BCUT2D eigenvalue weighted by atomic mass is 9.98. The molecule has 0 spiro atoms. The number of fused-ring (bicyclic) bond motifs is 1. The van der Waals surface area contributed by atoms with Crippen LogP contribution in [0, 0.1) is 6.92 Å². The highest BCUT2D eigenvalue weighted by molar-refractivity contribution is 6.18. The Hall–Kier alpha value is -3.40. The molecule has 0 aliphatic carbocycles. The first kappa shape index (κ1) is 18.9. The Morgan fingerprint density at radius 2 is 1.59 bits per heavy atom. The van der Waals surface area contributed by atoms with Crippen LogP contribution in [0.15, 0.2) is 76.8 Å². The fourth-order valence-electron chi connectivity index (χ4n) is 3.34. The molecule has 0 bridgehead atoms. The molecule has 0 radical (unpaired) electrons. The van der Waals surface area contributed by atoms with Crippen molar-refractivity contribution in [1.29, 1.82) is 0 Å². The molecule has 1 heterocycles. The van der Waals surface area contributed by atoms with Crippen LogP contribution in [-0.4, -0.2) is 18.2 Å². The fourth-order valence-corrected chi connectivity index (χ4v) is 3.34. The van der Waals surface area contributed by atoms with E-state index in [1.54, 1.807) is 0 Å². The topological polar surface area (TPSA) is 46.0 Å². The molecule has 0 unspecified atom stereocenters. The van der Waals surface area contributed by atoms with E-state index >= 15 is 0 Å². The molecular formula is C25H25N3O. The van der Waals surface area contributed by atoms with Crippen LogP contribution in [0.3, 0.4) is 0 Å². The van der Waals surface area contributed by atoms with Gasteiger partial charge in [0.25, 0.3) is 0 Å². The summed E-state index contributed by atoms with van der Waals surface area (Å²) in [4.78, 5) is 4.90. The van der Waals surface area contributed by atoms with Gasteiger partial charge in [-0.15, -0.1) is 0 Å². The van der Waals surface area contributed by atoms with Gasteiger partial charge in [-0.25, -0.2) is 4.99 Å². The molecule has 29 heavy (non-hydrogen) atoms. The first-order valence-corrected chi connectivity index (χ1v) is 10.0. The molecule has 0 aromatic heterocycles. The van der Waals surface area contributed by atoms with Crippen LogP contribution >= 0.6 is 0 Å². The van der Waals surface area contributed by atoms with Crippen molar-refractivity contribution in [2.24, 2.45) is 10.1 Å². The van der Waals surface area contributed by atoms with Crippen molar-refractivity contribution >= 4 is 17.2 Å². The molecule has 1 N–H and O–H groups in total. The molecule has 3 aromatic rings. The van der Waals surface area contributed by atoms with E-state index in [1.807, 2.05) is 31.2 Å². The Morgan fingerprint density at radius 3 is 2.28 bits per heavy atom. The van der Waals surface area contributed by atoms with Crippen molar-refractivity contribution in [1.82, 2.24) is 5.43 Å². The number of benzene rings is 3. The number of amidine groups is 1. The third-order valence-corrected chi connectivity index (χ3v) is 4.99. The highest BCUT2D eigenvalue weighted by atomic mass is 16.5. The number of hydrazone groups is 1. The predicted molar refractivity (Wildman–Crippen MR) is 120 cm³/mol. The summed E-state index contributed by atoms with van der Waals surface area (Å²) in [7, 11) is 0.